The quantitative estimate of drug-likeness (QED) is 0.660. The fraction of sp³-hybridized carbons (Fsp3) is 0.364. The van der Waals surface area contributed by atoms with Crippen LogP contribution in [0.2, 0.25) is 0 Å². The van der Waals surface area contributed by atoms with E-state index >= 15 is 0 Å². The van der Waals surface area contributed by atoms with E-state index in [1.165, 1.54) is 14.0 Å². The van der Waals surface area contributed by atoms with Gasteiger partial charge in [-0.3, -0.25) is 4.79 Å². The zero-order chi connectivity index (χ0) is 20.6. The number of hydrogen-bond donors (Lipinski definition) is 0. The van der Waals surface area contributed by atoms with Crippen molar-refractivity contribution in [1.82, 2.24) is 0 Å². The molecule has 2 aromatic carbocycles. The van der Waals surface area contributed by atoms with E-state index in [1.54, 1.807) is 19.2 Å². The van der Waals surface area contributed by atoms with Crippen LogP contribution in [0.3, 0.4) is 0 Å². The van der Waals surface area contributed by atoms with E-state index in [0.29, 0.717) is 22.8 Å². The summed E-state index contributed by atoms with van der Waals surface area (Å²) in [7, 11) is 3.09. The van der Waals surface area contributed by atoms with Gasteiger partial charge in [0.05, 0.1) is 19.8 Å². The number of fused-ring (bicyclic) bond motifs is 1. The molecule has 0 amide bonds. The third-order valence-electron chi connectivity index (χ3n) is 5.18. The Bertz CT molecular complexity index is 975. The number of carbonyl (C=O) groups excluding carboxylic acids is 2. The van der Waals surface area contributed by atoms with Crippen molar-refractivity contribution < 1.29 is 33.3 Å². The molecule has 7 nitrogen and oxygen atoms in total. The maximum atomic E-state index is 12.0. The number of methoxy groups -OCH3 is 2. The summed E-state index contributed by atoms with van der Waals surface area (Å²) in [6, 6.07) is 9.11. The summed E-state index contributed by atoms with van der Waals surface area (Å²) in [5.74, 6) is 0.755. The molecule has 1 saturated carbocycles. The van der Waals surface area contributed by atoms with Crippen LogP contribution in [0.5, 0.6) is 17.2 Å². The van der Waals surface area contributed by atoms with Crippen LogP contribution in [0.15, 0.2) is 30.3 Å². The standard InChI is InChI=1S/C22H22O7/c1-13(23)29-22(9-10-22)12-28-19-15(7-8-18(25-2)20(19)26-3)14-5-4-6-16-17(14)11-27-21(16)24/h4-8H,9-12H2,1-3H3. The highest BCUT2D eigenvalue weighted by atomic mass is 16.6. The molecule has 2 aromatic rings. The van der Waals surface area contributed by atoms with Crippen LogP contribution >= 0.6 is 0 Å². The molecule has 7 heteroatoms. The number of esters is 2. The first-order chi connectivity index (χ1) is 14.0. The van der Waals surface area contributed by atoms with Crippen molar-refractivity contribution in [3.8, 4) is 28.4 Å². The van der Waals surface area contributed by atoms with Crippen molar-refractivity contribution in [2.45, 2.75) is 32.0 Å². The van der Waals surface area contributed by atoms with Gasteiger partial charge in [-0.05, 0) is 36.6 Å². The van der Waals surface area contributed by atoms with Gasteiger partial charge in [-0.2, -0.15) is 0 Å². The normalized spacial score (nSPS) is 15.9. The number of hydrogen-bond acceptors (Lipinski definition) is 7. The smallest absolute Gasteiger partial charge is 0.338 e. The third kappa shape index (κ3) is 3.48. The van der Waals surface area contributed by atoms with Crippen molar-refractivity contribution in [3.63, 3.8) is 0 Å². The number of carbonyl (C=O) groups is 2. The number of ether oxygens (including phenoxy) is 5. The first-order valence-corrected chi connectivity index (χ1v) is 9.35. The van der Waals surface area contributed by atoms with E-state index in [9.17, 15) is 9.59 Å². The molecule has 0 saturated heterocycles. The Labute approximate surface area is 168 Å². The van der Waals surface area contributed by atoms with Gasteiger partial charge < -0.3 is 23.7 Å². The predicted octanol–water partition coefficient (Wildman–Crippen LogP) is 3.52. The molecule has 1 fully saturated rings. The molecule has 29 heavy (non-hydrogen) atoms. The molecule has 0 bridgehead atoms. The van der Waals surface area contributed by atoms with Crippen molar-refractivity contribution in [1.29, 1.82) is 0 Å². The van der Waals surface area contributed by atoms with Crippen molar-refractivity contribution in [3.05, 3.63) is 41.5 Å². The molecular formula is C22H22O7. The summed E-state index contributed by atoms with van der Waals surface area (Å²) < 4.78 is 27.8. The SMILES string of the molecule is COc1ccc(-c2cccc3c2COC3=O)c(OCC2(OC(C)=O)CC2)c1OC. The van der Waals surface area contributed by atoms with Gasteiger partial charge in [-0.25, -0.2) is 4.79 Å². The minimum absolute atomic E-state index is 0.202. The van der Waals surface area contributed by atoms with E-state index in [4.69, 9.17) is 23.7 Å². The van der Waals surface area contributed by atoms with Crippen LogP contribution in [-0.2, 0) is 20.9 Å². The van der Waals surface area contributed by atoms with Crippen LogP contribution in [0.25, 0.3) is 11.1 Å². The fourth-order valence-electron chi connectivity index (χ4n) is 3.58. The molecule has 152 valence electrons. The lowest BCUT2D eigenvalue weighted by Gasteiger charge is -2.21. The highest BCUT2D eigenvalue weighted by molar-refractivity contribution is 5.96. The van der Waals surface area contributed by atoms with Gasteiger partial charge in [0.15, 0.2) is 11.5 Å². The Kier molecular flexibility index (Phi) is 4.82. The van der Waals surface area contributed by atoms with E-state index < -0.39 is 5.60 Å². The topological polar surface area (TPSA) is 80.3 Å². The average Bonchev–Trinajstić information content (AvgIpc) is 3.37. The van der Waals surface area contributed by atoms with Gasteiger partial charge in [0, 0.05) is 18.1 Å². The second-order valence-corrected chi connectivity index (χ2v) is 7.15. The van der Waals surface area contributed by atoms with Crippen molar-refractivity contribution in [2.75, 3.05) is 20.8 Å². The Morgan fingerprint density at radius 3 is 2.45 bits per heavy atom. The molecule has 2 aliphatic rings. The maximum Gasteiger partial charge on any atom is 0.338 e. The van der Waals surface area contributed by atoms with E-state index in [-0.39, 0.29) is 25.2 Å². The summed E-state index contributed by atoms with van der Waals surface area (Å²) in [5.41, 5.74) is 2.31. The first kappa shape index (κ1) is 19.1. The highest BCUT2D eigenvalue weighted by Gasteiger charge is 2.47. The van der Waals surface area contributed by atoms with Crippen LogP contribution in [0.1, 0.15) is 35.7 Å². The summed E-state index contributed by atoms with van der Waals surface area (Å²) in [5, 5.41) is 0. The lowest BCUT2D eigenvalue weighted by atomic mass is 9.95. The summed E-state index contributed by atoms with van der Waals surface area (Å²) in [6.07, 6.45) is 1.49. The molecule has 0 aromatic heterocycles. The molecule has 1 aliphatic carbocycles. The number of benzene rings is 2. The maximum absolute atomic E-state index is 12.0. The molecule has 1 aliphatic heterocycles. The highest BCUT2D eigenvalue weighted by Crippen LogP contribution is 2.48. The summed E-state index contributed by atoms with van der Waals surface area (Å²) in [4.78, 5) is 23.4. The van der Waals surface area contributed by atoms with Gasteiger partial charge in [-0.1, -0.05) is 12.1 Å². The van der Waals surface area contributed by atoms with E-state index in [0.717, 1.165) is 29.5 Å². The Morgan fingerprint density at radius 1 is 1.03 bits per heavy atom. The summed E-state index contributed by atoms with van der Waals surface area (Å²) in [6.45, 7) is 1.80. The molecular weight excluding hydrogens is 376 g/mol. The molecule has 1 heterocycles. The van der Waals surface area contributed by atoms with E-state index in [2.05, 4.69) is 0 Å². The number of rotatable bonds is 7. The summed E-state index contributed by atoms with van der Waals surface area (Å²) >= 11 is 0. The first-order valence-electron chi connectivity index (χ1n) is 9.35. The zero-order valence-electron chi connectivity index (χ0n) is 16.6. The molecule has 0 atom stereocenters. The lowest BCUT2D eigenvalue weighted by molar-refractivity contribution is -0.150. The molecule has 4 rings (SSSR count). The van der Waals surface area contributed by atoms with Gasteiger partial charge in [-0.15, -0.1) is 0 Å². The van der Waals surface area contributed by atoms with Gasteiger partial charge in [0.1, 0.15) is 18.8 Å². The third-order valence-corrected chi connectivity index (χ3v) is 5.18. The molecule has 0 N–H and O–H groups in total. The minimum Gasteiger partial charge on any atom is -0.493 e. The van der Waals surface area contributed by atoms with Crippen LogP contribution in [0.4, 0.5) is 0 Å². The Hall–Kier alpha value is -3.22. The minimum atomic E-state index is -0.602. The molecule has 0 unspecified atom stereocenters. The van der Waals surface area contributed by atoms with Crippen LogP contribution in [0, 0.1) is 0 Å². The lowest BCUT2D eigenvalue weighted by Crippen LogP contribution is -2.26. The average molecular weight is 398 g/mol. The van der Waals surface area contributed by atoms with Crippen LogP contribution < -0.4 is 14.2 Å². The Balaban J connectivity index is 1.77. The molecule has 0 spiro atoms. The van der Waals surface area contributed by atoms with Gasteiger partial charge in [0.2, 0.25) is 5.75 Å². The van der Waals surface area contributed by atoms with Crippen molar-refractivity contribution >= 4 is 11.9 Å². The second kappa shape index (κ2) is 7.31. The monoisotopic (exact) mass is 398 g/mol. The number of cyclic esters (lactones) is 1. The van der Waals surface area contributed by atoms with E-state index in [1.807, 2.05) is 18.2 Å². The fourth-order valence-corrected chi connectivity index (χ4v) is 3.58. The second-order valence-electron chi connectivity index (χ2n) is 7.15. The largest absolute Gasteiger partial charge is 0.493 e. The van der Waals surface area contributed by atoms with Crippen molar-refractivity contribution in [2.24, 2.45) is 0 Å². The Morgan fingerprint density at radius 2 is 1.79 bits per heavy atom. The molecule has 0 radical (unpaired) electrons. The zero-order valence-corrected chi connectivity index (χ0v) is 16.6. The van der Waals surface area contributed by atoms with Gasteiger partial charge in [0.25, 0.3) is 0 Å². The van der Waals surface area contributed by atoms with Crippen LogP contribution in [-0.4, -0.2) is 38.4 Å². The van der Waals surface area contributed by atoms with Gasteiger partial charge >= 0.3 is 11.9 Å². The predicted molar refractivity (Wildman–Crippen MR) is 103 cm³/mol.